The number of thioether (sulfide) groups is 1. The summed E-state index contributed by atoms with van der Waals surface area (Å²) < 4.78 is 38.3. The molecule has 1 amide bonds. The molecule has 0 heterocycles. The number of hydrogen-bond acceptors (Lipinski definition) is 4. The highest BCUT2D eigenvalue weighted by atomic mass is 35.5. The van der Waals surface area contributed by atoms with Crippen molar-refractivity contribution < 1.29 is 17.6 Å². The Labute approximate surface area is 155 Å². The van der Waals surface area contributed by atoms with Crippen LogP contribution in [0.2, 0.25) is 5.02 Å². The van der Waals surface area contributed by atoms with E-state index in [2.05, 4.69) is 5.32 Å². The Bertz CT molecular complexity index is 871. The van der Waals surface area contributed by atoms with E-state index < -0.39 is 10.0 Å². The Hall–Kier alpha value is -1.61. The summed E-state index contributed by atoms with van der Waals surface area (Å²) in [5.74, 6) is -0.557. The number of nitrogens with zero attached hydrogens (tertiary/aromatic N) is 1. The molecule has 0 atom stereocenters. The second kappa shape index (κ2) is 8.18. The lowest BCUT2D eigenvalue weighted by Crippen LogP contribution is -2.23. The van der Waals surface area contributed by atoms with Crippen LogP contribution in [0.1, 0.15) is 0 Å². The van der Waals surface area contributed by atoms with Crippen LogP contribution in [0.15, 0.2) is 52.3 Å². The fraction of sp³-hybridized carbons (Fsp3) is 0.188. The van der Waals surface area contributed by atoms with Crippen molar-refractivity contribution >= 4 is 45.0 Å². The fourth-order valence-electron chi connectivity index (χ4n) is 1.85. The second-order valence-corrected chi connectivity index (χ2v) is 8.80. The number of anilines is 1. The lowest BCUT2D eigenvalue weighted by molar-refractivity contribution is -0.113. The van der Waals surface area contributed by atoms with E-state index in [4.69, 9.17) is 11.6 Å². The molecule has 5 nitrogen and oxygen atoms in total. The zero-order chi connectivity index (χ0) is 18.6. The zero-order valence-electron chi connectivity index (χ0n) is 13.5. The van der Waals surface area contributed by atoms with Gasteiger partial charge < -0.3 is 5.32 Å². The molecule has 0 bridgehead atoms. The quantitative estimate of drug-likeness (QED) is 0.751. The first-order valence-electron chi connectivity index (χ1n) is 7.10. The van der Waals surface area contributed by atoms with Gasteiger partial charge in [0.2, 0.25) is 15.9 Å². The summed E-state index contributed by atoms with van der Waals surface area (Å²) in [4.78, 5) is 12.7. The highest BCUT2D eigenvalue weighted by Gasteiger charge is 2.21. The smallest absolute Gasteiger partial charge is 0.244 e. The molecule has 2 aromatic rings. The van der Waals surface area contributed by atoms with Crippen LogP contribution in [-0.2, 0) is 14.8 Å². The number of nitrogens with one attached hydrogen (secondary N) is 1. The Morgan fingerprint density at radius 1 is 1.20 bits per heavy atom. The van der Waals surface area contributed by atoms with Crippen molar-refractivity contribution in [2.75, 3.05) is 25.2 Å². The molecule has 25 heavy (non-hydrogen) atoms. The van der Waals surface area contributed by atoms with Crippen LogP contribution < -0.4 is 5.32 Å². The average molecular weight is 403 g/mol. The third-order valence-electron chi connectivity index (χ3n) is 3.16. The molecule has 0 aliphatic carbocycles. The minimum atomic E-state index is -3.72. The zero-order valence-corrected chi connectivity index (χ0v) is 15.9. The number of rotatable bonds is 6. The van der Waals surface area contributed by atoms with Gasteiger partial charge in [-0.15, -0.1) is 11.8 Å². The average Bonchev–Trinajstić information content (AvgIpc) is 2.56. The van der Waals surface area contributed by atoms with Crippen LogP contribution in [0.5, 0.6) is 0 Å². The van der Waals surface area contributed by atoms with Gasteiger partial charge in [-0.3, -0.25) is 4.79 Å². The second-order valence-electron chi connectivity index (χ2n) is 5.22. The van der Waals surface area contributed by atoms with Crippen molar-refractivity contribution in [2.45, 2.75) is 9.79 Å². The molecule has 0 spiro atoms. The van der Waals surface area contributed by atoms with E-state index in [1.165, 1.54) is 56.2 Å². The van der Waals surface area contributed by atoms with E-state index in [1.807, 2.05) is 0 Å². The van der Waals surface area contributed by atoms with Gasteiger partial charge in [0, 0.05) is 24.7 Å². The topological polar surface area (TPSA) is 66.5 Å². The molecule has 2 aromatic carbocycles. The molecule has 9 heteroatoms. The van der Waals surface area contributed by atoms with Gasteiger partial charge in [0.15, 0.2) is 0 Å². The monoisotopic (exact) mass is 402 g/mol. The molecule has 0 aromatic heterocycles. The first-order valence-corrected chi connectivity index (χ1v) is 9.91. The Morgan fingerprint density at radius 3 is 2.44 bits per heavy atom. The number of carbonyl (C=O) groups is 1. The number of benzene rings is 2. The van der Waals surface area contributed by atoms with Crippen LogP contribution in [0.4, 0.5) is 10.1 Å². The fourth-order valence-corrected chi connectivity index (χ4v) is 3.94. The maximum atomic E-state index is 12.8. The third-order valence-corrected chi connectivity index (χ3v) is 6.47. The predicted octanol–water partition coefficient (Wildman–Crippen LogP) is 3.46. The van der Waals surface area contributed by atoms with E-state index >= 15 is 0 Å². The summed E-state index contributed by atoms with van der Waals surface area (Å²) in [6.07, 6.45) is 0. The van der Waals surface area contributed by atoms with Gasteiger partial charge in [-0.2, -0.15) is 0 Å². The number of hydrogen-bond donors (Lipinski definition) is 1. The molecule has 0 saturated heterocycles. The minimum absolute atomic E-state index is 0.0763. The SMILES string of the molecule is CN(C)S(=O)(=O)c1cc(NC(=O)CSc2ccc(F)cc2)ccc1Cl. The number of halogens is 2. The van der Waals surface area contributed by atoms with Crippen molar-refractivity contribution in [3.8, 4) is 0 Å². The van der Waals surface area contributed by atoms with Gasteiger partial charge in [0.25, 0.3) is 0 Å². The largest absolute Gasteiger partial charge is 0.325 e. The van der Waals surface area contributed by atoms with E-state index in [0.717, 1.165) is 9.20 Å². The van der Waals surface area contributed by atoms with Crippen LogP contribution in [0.25, 0.3) is 0 Å². The molecule has 0 radical (unpaired) electrons. The predicted molar refractivity (Wildman–Crippen MR) is 98.1 cm³/mol. The number of sulfonamides is 1. The Morgan fingerprint density at radius 2 is 1.84 bits per heavy atom. The van der Waals surface area contributed by atoms with Gasteiger partial charge >= 0.3 is 0 Å². The van der Waals surface area contributed by atoms with E-state index in [1.54, 1.807) is 12.1 Å². The summed E-state index contributed by atoms with van der Waals surface area (Å²) >= 11 is 7.21. The summed E-state index contributed by atoms with van der Waals surface area (Å²) in [5, 5.41) is 2.70. The van der Waals surface area contributed by atoms with Crippen molar-refractivity contribution in [3.63, 3.8) is 0 Å². The molecular formula is C16H16ClFN2O3S2. The molecule has 0 aliphatic heterocycles. The van der Waals surface area contributed by atoms with Gasteiger partial charge in [-0.05, 0) is 42.5 Å². The van der Waals surface area contributed by atoms with Crippen molar-refractivity contribution in [2.24, 2.45) is 0 Å². The molecule has 134 valence electrons. The summed E-state index contributed by atoms with van der Waals surface area (Å²) in [7, 11) is -0.918. The molecule has 0 unspecified atom stereocenters. The highest BCUT2D eigenvalue weighted by molar-refractivity contribution is 8.00. The standard InChI is InChI=1S/C16H16ClFN2O3S2/c1-20(2)25(22,23)15-9-12(5-8-14(15)17)19-16(21)10-24-13-6-3-11(18)4-7-13/h3-9H,10H2,1-2H3,(H,19,21). The van der Waals surface area contributed by atoms with E-state index in [-0.39, 0.29) is 27.4 Å². The maximum absolute atomic E-state index is 12.8. The van der Waals surface area contributed by atoms with Crippen LogP contribution in [-0.4, -0.2) is 38.5 Å². The van der Waals surface area contributed by atoms with Crippen molar-refractivity contribution in [1.29, 1.82) is 0 Å². The minimum Gasteiger partial charge on any atom is -0.325 e. The van der Waals surface area contributed by atoms with Crippen LogP contribution in [0, 0.1) is 5.82 Å². The Kier molecular flexibility index (Phi) is 6.45. The molecule has 1 N–H and O–H groups in total. The van der Waals surface area contributed by atoms with Crippen molar-refractivity contribution in [1.82, 2.24) is 4.31 Å². The van der Waals surface area contributed by atoms with Crippen LogP contribution >= 0.6 is 23.4 Å². The maximum Gasteiger partial charge on any atom is 0.244 e. The number of amides is 1. The first kappa shape index (κ1) is 19.7. The lowest BCUT2D eigenvalue weighted by atomic mass is 10.3. The molecular weight excluding hydrogens is 387 g/mol. The number of carbonyl (C=O) groups excluding carboxylic acids is 1. The molecule has 0 aliphatic rings. The highest BCUT2D eigenvalue weighted by Crippen LogP contribution is 2.27. The first-order chi connectivity index (χ1) is 11.7. The van der Waals surface area contributed by atoms with Crippen molar-refractivity contribution in [3.05, 3.63) is 53.3 Å². The molecule has 2 rings (SSSR count). The normalized spacial score (nSPS) is 11.6. The molecule has 0 fully saturated rings. The van der Waals surface area contributed by atoms with Crippen LogP contribution in [0.3, 0.4) is 0 Å². The van der Waals surface area contributed by atoms with Gasteiger partial charge in [0.05, 0.1) is 10.8 Å². The summed E-state index contributed by atoms with van der Waals surface area (Å²) in [5.41, 5.74) is 0.328. The van der Waals surface area contributed by atoms with Gasteiger partial charge in [0.1, 0.15) is 10.7 Å². The summed E-state index contributed by atoms with van der Waals surface area (Å²) in [6.45, 7) is 0. The third kappa shape index (κ3) is 5.18. The molecule has 0 saturated carbocycles. The Balaban J connectivity index is 2.07. The van der Waals surface area contributed by atoms with Gasteiger partial charge in [-0.25, -0.2) is 17.1 Å². The van der Waals surface area contributed by atoms with E-state index in [9.17, 15) is 17.6 Å². The lowest BCUT2D eigenvalue weighted by Gasteiger charge is -2.14. The van der Waals surface area contributed by atoms with Gasteiger partial charge in [-0.1, -0.05) is 11.6 Å². The van der Waals surface area contributed by atoms with E-state index in [0.29, 0.717) is 5.69 Å². The summed E-state index contributed by atoms with van der Waals surface area (Å²) in [6, 6.07) is 10.1.